The van der Waals surface area contributed by atoms with E-state index < -0.39 is 0 Å². The second kappa shape index (κ2) is 5.87. The number of aryl methyl sites for hydroxylation is 2. The Morgan fingerprint density at radius 3 is 2.44 bits per heavy atom. The van der Waals surface area contributed by atoms with E-state index in [0.29, 0.717) is 0 Å². The summed E-state index contributed by atoms with van der Waals surface area (Å²) in [5.74, 6) is 0. The minimum Gasteiger partial charge on any atom is -0.472 e. The summed E-state index contributed by atoms with van der Waals surface area (Å²) >= 11 is 0. The number of furan rings is 1. The van der Waals surface area contributed by atoms with E-state index in [9.17, 15) is 0 Å². The molecule has 1 heterocycles. The Morgan fingerprint density at radius 1 is 1.17 bits per heavy atom. The lowest BCUT2D eigenvalue weighted by Crippen LogP contribution is -2.24. The molecule has 1 aromatic heterocycles. The van der Waals surface area contributed by atoms with Gasteiger partial charge in [0.15, 0.2) is 0 Å². The molecular weight excluding hydrogens is 222 g/mol. The Bertz CT molecular complexity index is 468. The first kappa shape index (κ1) is 12.9. The summed E-state index contributed by atoms with van der Waals surface area (Å²) in [4.78, 5) is 0. The molecular formula is C16H21NO. The molecule has 0 amide bonds. The van der Waals surface area contributed by atoms with E-state index in [-0.39, 0.29) is 6.04 Å². The van der Waals surface area contributed by atoms with Crippen LogP contribution in [0.25, 0.3) is 0 Å². The zero-order valence-corrected chi connectivity index (χ0v) is 11.4. The van der Waals surface area contributed by atoms with Gasteiger partial charge in [-0.3, -0.25) is 0 Å². The van der Waals surface area contributed by atoms with Crippen LogP contribution in [-0.4, -0.2) is 6.54 Å². The molecule has 96 valence electrons. The maximum Gasteiger partial charge on any atom is 0.0953 e. The molecule has 0 aliphatic carbocycles. The van der Waals surface area contributed by atoms with Crippen molar-refractivity contribution >= 4 is 0 Å². The van der Waals surface area contributed by atoms with Gasteiger partial charge >= 0.3 is 0 Å². The molecule has 0 radical (unpaired) electrons. The van der Waals surface area contributed by atoms with Crippen LogP contribution in [0.5, 0.6) is 0 Å². The molecule has 18 heavy (non-hydrogen) atoms. The van der Waals surface area contributed by atoms with Gasteiger partial charge in [0, 0.05) is 5.56 Å². The van der Waals surface area contributed by atoms with Gasteiger partial charge in [-0.05, 0) is 49.6 Å². The second-order valence-electron chi connectivity index (χ2n) is 4.75. The molecule has 0 fully saturated rings. The van der Waals surface area contributed by atoms with Gasteiger partial charge in [-0.1, -0.05) is 25.1 Å². The van der Waals surface area contributed by atoms with Crippen LogP contribution in [0.3, 0.4) is 0 Å². The summed E-state index contributed by atoms with van der Waals surface area (Å²) in [6.45, 7) is 7.53. The van der Waals surface area contributed by atoms with E-state index in [1.165, 1.54) is 22.3 Å². The first-order valence-electron chi connectivity index (χ1n) is 6.55. The predicted molar refractivity (Wildman–Crippen MR) is 74.8 cm³/mol. The third-order valence-corrected chi connectivity index (χ3v) is 3.31. The standard InChI is InChI=1S/C16H21NO/c1-4-9-17-16(14-8-10-18-11-14)15-12(2)6-5-7-13(15)3/h5-8,10-11,16-17H,4,9H2,1-3H3. The van der Waals surface area contributed by atoms with Crippen LogP contribution in [0, 0.1) is 13.8 Å². The van der Waals surface area contributed by atoms with Crippen LogP contribution in [-0.2, 0) is 0 Å². The quantitative estimate of drug-likeness (QED) is 0.859. The van der Waals surface area contributed by atoms with Gasteiger partial charge in [-0.25, -0.2) is 0 Å². The molecule has 0 spiro atoms. The summed E-state index contributed by atoms with van der Waals surface area (Å²) in [6, 6.07) is 8.72. The maximum atomic E-state index is 5.24. The first-order chi connectivity index (χ1) is 8.74. The van der Waals surface area contributed by atoms with Crippen molar-refractivity contribution in [3.63, 3.8) is 0 Å². The van der Waals surface area contributed by atoms with Crippen LogP contribution in [0.15, 0.2) is 41.2 Å². The fraction of sp³-hybridized carbons (Fsp3) is 0.375. The van der Waals surface area contributed by atoms with E-state index in [4.69, 9.17) is 4.42 Å². The topological polar surface area (TPSA) is 25.2 Å². The Balaban J connectivity index is 2.40. The molecule has 0 aliphatic rings. The van der Waals surface area contributed by atoms with Crippen molar-refractivity contribution in [3.05, 3.63) is 59.0 Å². The predicted octanol–water partition coefficient (Wildman–Crippen LogP) is 3.99. The van der Waals surface area contributed by atoms with Crippen molar-refractivity contribution < 1.29 is 4.42 Å². The minimum atomic E-state index is 0.227. The van der Waals surface area contributed by atoms with Crippen LogP contribution < -0.4 is 5.32 Å². The highest BCUT2D eigenvalue weighted by Crippen LogP contribution is 2.28. The lowest BCUT2D eigenvalue weighted by Gasteiger charge is -2.22. The molecule has 0 aliphatic heterocycles. The third-order valence-electron chi connectivity index (χ3n) is 3.31. The largest absolute Gasteiger partial charge is 0.472 e. The van der Waals surface area contributed by atoms with E-state index in [0.717, 1.165) is 13.0 Å². The van der Waals surface area contributed by atoms with Gasteiger partial charge in [0.05, 0.1) is 18.6 Å². The van der Waals surface area contributed by atoms with E-state index in [1.54, 1.807) is 6.26 Å². The Morgan fingerprint density at radius 2 is 1.89 bits per heavy atom. The highest BCUT2D eigenvalue weighted by molar-refractivity contribution is 5.41. The second-order valence-corrected chi connectivity index (χ2v) is 4.75. The van der Waals surface area contributed by atoms with Crippen LogP contribution in [0.4, 0.5) is 0 Å². The zero-order chi connectivity index (χ0) is 13.0. The normalized spacial score (nSPS) is 12.6. The van der Waals surface area contributed by atoms with Crippen LogP contribution >= 0.6 is 0 Å². The van der Waals surface area contributed by atoms with Gasteiger partial charge in [-0.15, -0.1) is 0 Å². The minimum absolute atomic E-state index is 0.227. The molecule has 2 rings (SSSR count). The summed E-state index contributed by atoms with van der Waals surface area (Å²) in [6.07, 6.45) is 4.70. The Kier molecular flexibility index (Phi) is 4.21. The molecule has 0 bridgehead atoms. The van der Waals surface area contributed by atoms with Crippen molar-refractivity contribution in [2.75, 3.05) is 6.54 Å². The molecule has 1 unspecified atom stereocenters. The molecule has 1 N–H and O–H groups in total. The summed E-state index contributed by atoms with van der Waals surface area (Å²) < 4.78 is 5.24. The number of hydrogen-bond donors (Lipinski definition) is 1. The average molecular weight is 243 g/mol. The molecule has 0 saturated carbocycles. The molecule has 2 heteroatoms. The Labute approximate surface area is 109 Å². The fourth-order valence-electron chi connectivity index (χ4n) is 2.40. The van der Waals surface area contributed by atoms with Gasteiger partial charge in [-0.2, -0.15) is 0 Å². The van der Waals surface area contributed by atoms with Crippen molar-refractivity contribution in [2.24, 2.45) is 0 Å². The smallest absolute Gasteiger partial charge is 0.0953 e. The maximum absolute atomic E-state index is 5.24. The van der Waals surface area contributed by atoms with Gasteiger partial charge in [0.2, 0.25) is 0 Å². The van der Waals surface area contributed by atoms with Crippen molar-refractivity contribution in [3.8, 4) is 0 Å². The highest BCUT2D eigenvalue weighted by atomic mass is 16.3. The fourth-order valence-corrected chi connectivity index (χ4v) is 2.40. The monoisotopic (exact) mass is 243 g/mol. The summed E-state index contributed by atoms with van der Waals surface area (Å²) in [5, 5.41) is 3.61. The molecule has 2 aromatic rings. The number of rotatable bonds is 5. The van der Waals surface area contributed by atoms with Crippen LogP contribution in [0.2, 0.25) is 0 Å². The van der Waals surface area contributed by atoms with Crippen LogP contribution in [0.1, 0.15) is 41.6 Å². The van der Waals surface area contributed by atoms with E-state index in [1.807, 2.05) is 12.3 Å². The summed E-state index contributed by atoms with van der Waals surface area (Å²) in [7, 11) is 0. The third kappa shape index (κ3) is 2.65. The zero-order valence-electron chi connectivity index (χ0n) is 11.4. The van der Waals surface area contributed by atoms with Gasteiger partial charge in [0.25, 0.3) is 0 Å². The van der Waals surface area contributed by atoms with E-state index >= 15 is 0 Å². The lowest BCUT2D eigenvalue weighted by molar-refractivity contribution is 0.547. The lowest BCUT2D eigenvalue weighted by atomic mass is 9.92. The highest BCUT2D eigenvalue weighted by Gasteiger charge is 2.18. The first-order valence-corrected chi connectivity index (χ1v) is 6.55. The number of hydrogen-bond acceptors (Lipinski definition) is 2. The van der Waals surface area contributed by atoms with Gasteiger partial charge < -0.3 is 9.73 Å². The van der Waals surface area contributed by atoms with Crippen molar-refractivity contribution in [1.82, 2.24) is 5.32 Å². The number of nitrogens with one attached hydrogen (secondary N) is 1. The molecule has 1 atom stereocenters. The summed E-state index contributed by atoms with van der Waals surface area (Å²) in [5.41, 5.74) is 5.21. The van der Waals surface area contributed by atoms with Gasteiger partial charge in [0.1, 0.15) is 0 Å². The van der Waals surface area contributed by atoms with E-state index in [2.05, 4.69) is 44.3 Å². The van der Waals surface area contributed by atoms with Crippen molar-refractivity contribution in [2.45, 2.75) is 33.2 Å². The van der Waals surface area contributed by atoms with Crippen molar-refractivity contribution in [1.29, 1.82) is 0 Å². The average Bonchev–Trinajstić information content (AvgIpc) is 2.86. The molecule has 0 saturated heterocycles. The molecule has 2 nitrogen and oxygen atoms in total. The SMILES string of the molecule is CCCNC(c1ccoc1)c1c(C)cccc1C. The number of benzene rings is 1. The Hall–Kier alpha value is -1.54. The molecule has 1 aromatic carbocycles.